The van der Waals surface area contributed by atoms with Gasteiger partial charge >= 0.3 is 0 Å². The number of rotatable bonds is 5. The van der Waals surface area contributed by atoms with Crippen LogP contribution < -0.4 is 15.0 Å². The molecule has 1 aromatic heterocycles. The third-order valence-electron chi connectivity index (χ3n) is 4.37. The number of nitrogens with one attached hydrogen (secondary N) is 1. The molecule has 3 rings (SSSR count). The number of ether oxygens (including phenoxy) is 1. The average Bonchev–Trinajstić information content (AvgIpc) is 3.06. The summed E-state index contributed by atoms with van der Waals surface area (Å²) in [5, 5.41) is 2.90. The standard InChI is InChI=1S/C19H22N2O4/c1-12(2)13(3)20-19(23)17-9-8-14(25-17)10-21-15-6-4-5-7-16(15)24-11-18(21)22/h4-9,12-13H,10-11H2,1-3H3,(H,20,23)/t13-/m1/s1. The Hall–Kier alpha value is -2.76. The lowest BCUT2D eigenvalue weighted by Gasteiger charge is -2.28. The molecule has 1 atom stereocenters. The number of hydrogen-bond acceptors (Lipinski definition) is 4. The molecule has 6 heteroatoms. The average molecular weight is 342 g/mol. The minimum absolute atomic E-state index is 0.00301. The molecule has 0 radical (unpaired) electrons. The Morgan fingerprint density at radius 2 is 1.96 bits per heavy atom. The lowest BCUT2D eigenvalue weighted by molar-refractivity contribution is -0.121. The zero-order chi connectivity index (χ0) is 18.0. The fourth-order valence-corrected chi connectivity index (χ4v) is 2.51. The van der Waals surface area contributed by atoms with E-state index in [-0.39, 0.29) is 36.8 Å². The monoisotopic (exact) mass is 342 g/mol. The molecule has 0 unspecified atom stereocenters. The third-order valence-corrected chi connectivity index (χ3v) is 4.37. The molecule has 1 N–H and O–H groups in total. The molecule has 1 aliphatic rings. The van der Waals surface area contributed by atoms with E-state index in [0.717, 1.165) is 0 Å². The Morgan fingerprint density at radius 3 is 2.72 bits per heavy atom. The summed E-state index contributed by atoms with van der Waals surface area (Å²) in [4.78, 5) is 26.0. The lowest BCUT2D eigenvalue weighted by atomic mass is 10.1. The third kappa shape index (κ3) is 3.68. The molecule has 2 amide bonds. The van der Waals surface area contributed by atoms with E-state index in [0.29, 0.717) is 23.1 Å². The molecule has 1 aliphatic heterocycles. The molecule has 6 nitrogen and oxygen atoms in total. The second-order valence-corrected chi connectivity index (χ2v) is 6.51. The second-order valence-electron chi connectivity index (χ2n) is 6.51. The molecule has 0 fully saturated rings. The van der Waals surface area contributed by atoms with Crippen LogP contribution in [0.4, 0.5) is 5.69 Å². The molecule has 0 bridgehead atoms. The zero-order valence-corrected chi connectivity index (χ0v) is 14.6. The highest BCUT2D eigenvalue weighted by molar-refractivity contribution is 5.97. The van der Waals surface area contributed by atoms with Gasteiger partial charge in [-0.05, 0) is 37.1 Å². The summed E-state index contributed by atoms with van der Waals surface area (Å²) >= 11 is 0. The van der Waals surface area contributed by atoms with Crippen LogP contribution in [0.15, 0.2) is 40.8 Å². The molecule has 25 heavy (non-hydrogen) atoms. The first-order chi connectivity index (χ1) is 12.0. The summed E-state index contributed by atoms with van der Waals surface area (Å²) in [6.45, 7) is 6.29. The SMILES string of the molecule is CC(C)[C@@H](C)NC(=O)c1ccc(CN2C(=O)COc3ccccc32)o1. The molecule has 132 valence electrons. The number of para-hydroxylation sites is 2. The van der Waals surface area contributed by atoms with E-state index in [1.54, 1.807) is 17.0 Å². The first-order valence-electron chi connectivity index (χ1n) is 8.37. The molecule has 0 spiro atoms. The Kier molecular flexibility index (Phi) is 4.79. The van der Waals surface area contributed by atoms with Gasteiger partial charge in [-0.25, -0.2) is 0 Å². The van der Waals surface area contributed by atoms with Crippen molar-refractivity contribution >= 4 is 17.5 Å². The molecule has 1 aromatic carbocycles. The van der Waals surface area contributed by atoms with Crippen LogP contribution in [-0.4, -0.2) is 24.5 Å². The Balaban J connectivity index is 1.73. The van der Waals surface area contributed by atoms with E-state index in [2.05, 4.69) is 5.32 Å². The van der Waals surface area contributed by atoms with Crippen molar-refractivity contribution in [2.75, 3.05) is 11.5 Å². The number of anilines is 1. The summed E-state index contributed by atoms with van der Waals surface area (Å²) < 4.78 is 11.1. The molecule has 0 aliphatic carbocycles. The molecule has 2 aromatic rings. The van der Waals surface area contributed by atoms with Gasteiger partial charge in [0.15, 0.2) is 12.4 Å². The van der Waals surface area contributed by atoms with Crippen LogP contribution in [-0.2, 0) is 11.3 Å². The number of nitrogens with zero attached hydrogens (tertiary/aromatic N) is 1. The van der Waals surface area contributed by atoms with E-state index in [9.17, 15) is 9.59 Å². The van der Waals surface area contributed by atoms with Crippen molar-refractivity contribution in [3.05, 3.63) is 47.9 Å². The van der Waals surface area contributed by atoms with Crippen molar-refractivity contribution in [2.24, 2.45) is 5.92 Å². The summed E-state index contributed by atoms with van der Waals surface area (Å²) in [5.74, 6) is 1.40. The van der Waals surface area contributed by atoms with E-state index in [4.69, 9.17) is 9.15 Å². The van der Waals surface area contributed by atoms with Crippen LogP contribution in [0.2, 0.25) is 0 Å². The number of furan rings is 1. The van der Waals surface area contributed by atoms with E-state index in [1.165, 1.54) is 0 Å². The maximum atomic E-state index is 12.2. The fraction of sp³-hybridized carbons (Fsp3) is 0.368. The molecule has 0 saturated heterocycles. The molecular weight excluding hydrogens is 320 g/mol. The van der Waals surface area contributed by atoms with E-state index in [1.807, 2.05) is 45.0 Å². The summed E-state index contributed by atoms with van der Waals surface area (Å²) in [6.07, 6.45) is 0. The molecule has 0 saturated carbocycles. The van der Waals surface area contributed by atoms with Crippen LogP contribution in [0.1, 0.15) is 37.1 Å². The number of carbonyl (C=O) groups excluding carboxylic acids is 2. The maximum Gasteiger partial charge on any atom is 0.287 e. The second kappa shape index (κ2) is 7.01. The highest BCUT2D eigenvalue weighted by atomic mass is 16.5. The highest BCUT2D eigenvalue weighted by Gasteiger charge is 2.26. The van der Waals surface area contributed by atoms with Crippen molar-refractivity contribution in [1.29, 1.82) is 0 Å². The summed E-state index contributed by atoms with van der Waals surface area (Å²) in [5.41, 5.74) is 0.703. The van der Waals surface area contributed by atoms with Gasteiger partial charge in [0.1, 0.15) is 11.5 Å². The van der Waals surface area contributed by atoms with Crippen molar-refractivity contribution in [3.63, 3.8) is 0 Å². The number of carbonyl (C=O) groups is 2. The van der Waals surface area contributed by atoms with Gasteiger partial charge in [-0.2, -0.15) is 0 Å². The van der Waals surface area contributed by atoms with Gasteiger partial charge in [0.25, 0.3) is 11.8 Å². The predicted molar refractivity (Wildman–Crippen MR) is 93.6 cm³/mol. The number of amides is 2. The topological polar surface area (TPSA) is 71.8 Å². The smallest absolute Gasteiger partial charge is 0.287 e. The van der Waals surface area contributed by atoms with Crippen molar-refractivity contribution in [3.8, 4) is 5.75 Å². The Morgan fingerprint density at radius 1 is 1.20 bits per heavy atom. The minimum atomic E-state index is -0.249. The van der Waals surface area contributed by atoms with Crippen LogP contribution >= 0.6 is 0 Å². The van der Waals surface area contributed by atoms with Gasteiger partial charge in [-0.3, -0.25) is 14.5 Å². The zero-order valence-electron chi connectivity index (χ0n) is 14.6. The van der Waals surface area contributed by atoms with Crippen LogP contribution in [0.5, 0.6) is 5.75 Å². The predicted octanol–water partition coefficient (Wildman–Crippen LogP) is 2.98. The number of benzene rings is 1. The van der Waals surface area contributed by atoms with Gasteiger partial charge in [0.2, 0.25) is 0 Å². The van der Waals surface area contributed by atoms with E-state index < -0.39 is 0 Å². The van der Waals surface area contributed by atoms with Gasteiger partial charge in [-0.1, -0.05) is 26.0 Å². The van der Waals surface area contributed by atoms with Crippen molar-refractivity contribution < 1.29 is 18.7 Å². The number of fused-ring (bicyclic) bond motifs is 1. The molecule has 2 heterocycles. The van der Waals surface area contributed by atoms with Crippen LogP contribution in [0.3, 0.4) is 0 Å². The van der Waals surface area contributed by atoms with Crippen LogP contribution in [0, 0.1) is 5.92 Å². The highest BCUT2D eigenvalue weighted by Crippen LogP contribution is 2.32. The van der Waals surface area contributed by atoms with Gasteiger partial charge in [-0.15, -0.1) is 0 Å². The van der Waals surface area contributed by atoms with Crippen molar-refractivity contribution in [1.82, 2.24) is 5.32 Å². The number of hydrogen-bond donors (Lipinski definition) is 1. The normalized spacial score (nSPS) is 14.9. The van der Waals surface area contributed by atoms with Gasteiger partial charge in [0, 0.05) is 6.04 Å². The van der Waals surface area contributed by atoms with Crippen LogP contribution in [0.25, 0.3) is 0 Å². The fourth-order valence-electron chi connectivity index (χ4n) is 2.51. The van der Waals surface area contributed by atoms with Gasteiger partial charge in [0.05, 0.1) is 12.2 Å². The quantitative estimate of drug-likeness (QED) is 0.907. The Bertz CT molecular complexity index is 781. The van der Waals surface area contributed by atoms with E-state index >= 15 is 0 Å². The van der Waals surface area contributed by atoms with Crippen molar-refractivity contribution in [2.45, 2.75) is 33.4 Å². The maximum absolute atomic E-state index is 12.2. The largest absolute Gasteiger partial charge is 0.482 e. The molecular formula is C19H22N2O4. The summed E-state index contributed by atoms with van der Waals surface area (Å²) in [7, 11) is 0. The first kappa shape index (κ1) is 17.1. The van der Waals surface area contributed by atoms with Gasteiger partial charge < -0.3 is 14.5 Å². The first-order valence-corrected chi connectivity index (χ1v) is 8.37. The minimum Gasteiger partial charge on any atom is -0.482 e. The summed E-state index contributed by atoms with van der Waals surface area (Å²) in [6, 6.07) is 10.8. The lowest BCUT2D eigenvalue weighted by Crippen LogP contribution is -2.38. The Labute approximate surface area is 146 Å².